The molecule has 0 saturated heterocycles. The smallest absolute Gasteiger partial charge is 0.295 e. The second-order valence-electron chi connectivity index (χ2n) is 5.68. The van der Waals surface area contributed by atoms with Crippen molar-refractivity contribution >= 4 is 23.5 Å². The molecule has 1 aromatic carbocycles. The summed E-state index contributed by atoms with van der Waals surface area (Å²) in [5, 5.41) is 13.6. The zero-order chi connectivity index (χ0) is 18.1. The Hall–Kier alpha value is -2.46. The SMILES string of the molecule is Cc1nn2c(nc1=O)SCC2CSc1nnc(-c2ccccc2)c(=O)[nH]1. The van der Waals surface area contributed by atoms with Crippen molar-refractivity contribution in [3.8, 4) is 11.3 Å². The number of fused-ring (bicyclic) bond motifs is 1. The Balaban J connectivity index is 1.50. The van der Waals surface area contributed by atoms with Crippen LogP contribution in [0.5, 0.6) is 0 Å². The van der Waals surface area contributed by atoms with E-state index in [2.05, 4.69) is 25.3 Å². The molecular formula is C16H14N6O2S2. The highest BCUT2D eigenvalue weighted by Crippen LogP contribution is 2.32. The van der Waals surface area contributed by atoms with Crippen LogP contribution in [-0.4, -0.2) is 41.5 Å². The Morgan fingerprint density at radius 1 is 1.27 bits per heavy atom. The maximum absolute atomic E-state index is 12.3. The molecule has 1 N–H and O–H groups in total. The fraction of sp³-hybridized carbons (Fsp3) is 0.250. The van der Waals surface area contributed by atoms with Crippen LogP contribution in [0.3, 0.4) is 0 Å². The third kappa shape index (κ3) is 3.29. The van der Waals surface area contributed by atoms with Gasteiger partial charge in [0.25, 0.3) is 11.1 Å². The second-order valence-corrected chi connectivity index (χ2v) is 7.68. The van der Waals surface area contributed by atoms with E-state index in [1.54, 1.807) is 11.6 Å². The van der Waals surface area contributed by atoms with Gasteiger partial charge in [-0.15, -0.1) is 10.2 Å². The molecule has 10 heteroatoms. The number of H-pyrrole nitrogens is 1. The lowest BCUT2D eigenvalue weighted by Crippen LogP contribution is -2.22. The summed E-state index contributed by atoms with van der Waals surface area (Å²) in [6, 6.07) is 9.29. The van der Waals surface area contributed by atoms with Gasteiger partial charge in [0.15, 0.2) is 16.0 Å². The number of hydrogen-bond acceptors (Lipinski definition) is 8. The summed E-state index contributed by atoms with van der Waals surface area (Å²) in [4.78, 5) is 30.7. The number of rotatable bonds is 4. The molecule has 2 aromatic heterocycles. The predicted molar refractivity (Wildman–Crippen MR) is 99.6 cm³/mol. The number of aryl methyl sites for hydroxylation is 1. The Bertz CT molecular complexity index is 1070. The van der Waals surface area contributed by atoms with Gasteiger partial charge in [0, 0.05) is 17.1 Å². The number of nitrogens with zero attached hydrogens (tertiary/aromatic N) is 5. The van der Waals surface area contributed by atoms with Crippen molar-refractivity contribution in [2.75, 3.05) is 11.5 Å². The van der Waals surface area contributed by atoms with Crippen molar-refractivity contribution in [2.24, 2.45) is 0 Å². The minimum Gasteiger partial charge on any atom is -0.298 e. The van der Waals surface area contributed by atoms with E-state index in [4.69, 9.17) is 0 Å². The largest absolute Gasteiger partial charge is 0.298 e. The molecule has 0 radical (unpaired) electrons. The first-order chi connectivity index (χ1) is 12.6. The maximum atomic E-state index is 12.3. The summed E-state index contributed by atoms with van der Waals surface area (Å²) >= 11 is 2.91. The summed E-state index contributed by atoms with van der Waals surface area (Å²) < 4.78 is 1.78. The van der Waals surface area contributed by atoms with Crippen molar-refractivity contribution in [3.63, 3.8) is 0 Å². The first-order valence-electron chi connectivity index (χ1n) is 7.87. The van der Waals surface area contributed by atoms with Gasteiger partial charge in [-0.1, -0.05) is 53.9 Å². The van der Waals surface area contributed by atoms with Crippen LogP contribution in [0.15, 0.2) is 50.2 Å². The summed E-state index contributed by atoms with van der Waals surface area (Å²) in [6.45, 7) is 1.65. The van der Waals surface area contributed by atoms with Crippen LogP contribution >= 0.6 is 23.5 Å². The van der Waals surface area contributed by atoms with Crippen LogP contribution in [0, 0.1) is 6.92 Å². The minimum absolute atomic E-state index is 0.0749. The van der Waals surface area contributed by atoms with Gasteiger partial charge in [-0.3, -0.25) is 14.6 Å². The van der Waals surface area contributed by atoms with Crippen LogP contribution in [0.25, 0.3) is 11.3 Å². The molecule has 0 saturated carbocycles. The van der Waals surface area contributed by atoms with Gasteiger partial charge in [-0.2, -0.15) is 10.1 Å². The molecule has 3 heterocycles. The van der Waals surface area contributed by atoms with Crippen molar-refractivity contribution < 1.29 is 0 Å². The Labute approximate surface area is 156 Å². The van der Waals surface area contributed by atoms with E-state index in [0.29, 0.717) is 27.5 Å². The molecule has 1 aliphatic heterocycles. The molecular weight excluding hydrogens is 372 g/mol. The lowest BCUT2D eigenvalue weighted by molar-refractivity contribution is 0.478. The Morgan fingerprint density at radius 3 is 2.85 bits per heavy atom. The number of benzene rings is 1. The maximum Gasteiger partial charge on any atom is 0.295 e. The number of hydrogen-bond donors (Lipinski definition) is 1. The second kappa shape index (κ2) is 7.04. The average molecular weight is 386 g/mol. The molecule has 1 unspecified atom stereocenters. The molecule has 26 heavy (non-hydrogen) atoms. The summed E-state index contributed by atoms with van der Waals surface area (Å²) in [6.07, 6.45) is 0. The van der Waals surface area contributed by atoms with Gasteiger partial charge in [0.05, 0.1) is 6.04 Å². The van der Waals surface area contributed by atoms with Crippen LogP contribution in [-0.2, 0) is 0 Å². The topological polar surface area (TPSA) is 106 Å². The Morgan fingerprint density at radius 2 is 2.08 bits per heavy atom. The van der Waals surface area contributed by atoms with Gasteiger partial charge in [-0.05, 0) is 6.92 Å². The van der Waals surface area contributed by atoms with E-state index >= 15 is 0 Å². The first-order valence-corrected chi connectivity index (χ1v) is 9.84. The van der Waals surface area contributed by atoms with E-state index in [-0.39, 0.29) is 17.2 Å². The van der Waals surface area contributed by atoms with Crippen LogP contribution < -0.4 is 11.1 Å². The summed E-state index contributed by atoms with van der Waals surface area (Å²) in [5.41, 5.74) is 0.855. The first kappa shape index (κ1) is 17.0. The van der Waals surface area contributed by atoms with E-state index in [1.807, 2.05) is 30.3 Å². The molecule has 8 nitrogen and oxygen atoms in total. The highest BCUT2D eigenvalue weighted by Gasteiger charge is 2.25. The van der Waals surface area contributed by atoms with Crippen molar-refractivity contribution in [1.29, 1.82) is 0 Å². The number of aromatic nitrogens is 6. The fourth-order valence-electron chi connectivity index (χ4n) is 2.51. The number of aromatic amines is 1. The van der Waals surface area contributed by atoms with Crippen LogP contribution in [0.1, 0.15) is 11.7 Å². The molecule has 0 bridgehead atoms. The molecule has 0 spiro atoms. The zero-order valence-electron chi connectivity index (χ0n) is 13.7. The molecule has 3 aromatic rings. The molecule has 0 aliphatic carbocycles. The van der Waals surface area contributed by atoms with Gasteiger partial charge < -0.3 is 0 Å². The lowest BCUT2D eigenvalue weighted by atomic mass is 10.2. The monoisotopic (exact) mass is 386 g/mol. The normalized spacial score (nSPS) is 15.8. The van der Waals surface area contributed by atoms with E-state index < -0.39 is 0 Å². The van der Waals surface area contributed by atoms with Crippen molar-refractivity contribution in [1.82, 2.24) is 29.9 Å². The summed E-state index contributed by atoms with van der Waals surface area (Å²) in [7, 11) is 0. The summed E-state index contributed by atoms with van der Waals surface area (Å²) in [5.74, 6) is 1.42. The van der Waals surface area contributed by atoms with E-state index in [0.717, 1.165) is 11.3 Å². The van der Waals surface area contributed by atoms with E-state index in [9.17, 15) is 9.59 Å². The zero-order valence-corrected chi connectivity index (χ0v) is 15.4. The number of thioether (sulfide) groups is 2. The molecule has 4 rings (SSSR count). The standard InChI is InChI=1S/C16H14N6O2S2/c1-9-13(23)18-16-22(21-9)11(8-26-16)7-25-15-17-14(24)12(19-20-15)10-5-3-2-4-6-10/h2-6,11H,7-8H2,1H3,(H,17,20,24). The van der Waals surface area contributed by atoms with Gasteiger partial charge >= 0.3 is 0 Å². The van der Waals surface area contributed by atoms with Crippen LogP contribution in [0.2, 0.25) is 0 Å². The Kier molecular flexibility index (Phi) is 4.60. The van der Waals surface area contributed by atoms with Gasteiger partial charge in [0.2, 0.25) is 0 Å². The van der Waals surface area contributed by atoms with Crippen molar-refractivity contribution in [3.05, 3.63) is 56.7 Å². The lowest BCUT2D eigenvalue weighted by Gasteiger charge is -2.11. The predicted octanol–water partition coefficient (Wildman–Crippen LogP) is 1.53. The quantitative estimate of drug-likeness (QED) is 0.673. The third-order valence-electron chi connectivity index (χ3n) is 3.85. The molecule has 1 aliphatic rings. The fourth-order valence-corrected chi connectivity index (χ4v) is 4.60. The average Bonchev–Trinajstić information content (AvgIpc) is 3.03. The minimum atomic E-state index is -0.288. The highest BCUT2D eigenvalue weighted by atomic mass is 32.2. The molecule has 0 amide bonds. The highest BCUT2D eigenvalue weighted by molar-refractivity contribution is 8.00. The molecule has 1 atom stereocenters. The third-order valence-corrected chi connectivity index (χ3v) is 5.94. The van der Waals surface area contributed by atoms with Crippen LogP contribution in [0.4, 0.5) is 0 Å². The molecule has 0 fully saturated rings. The van der Waals surface area contributed by atoms with Crippen molar-refractivity contribution in [2.45, 2.75) is 23.3 Å². The molecule has 132 valence electrons. The van der Waals surface area contributed by atoms with Gasteiger partial charge in [0.1, 0.15) is 5.69 Å². The van der Waals surface area contributed by atoms with E-state index in [1.165, 1.54) is 23.5 Å². The van der Waals surface area contributed by atoms with Gasteiger partial charge in [-0.25, -0.2) is 4.68 Å². The number of nitrogens with one attached hydrogen (secondary N) is 1.